The van der Waals surface area contributed by atoms with E-state index in [0.717, 1.165) is 11.3 Å². The lowest BCUT2D eigenvalue weighted by atomic mass is 10.6. The van der Waals surface area contributed by atoms with Gasteiger partial charge in [0.1, 0.15) is 4.21 Å². The number of aromatic nitrogens is 2. The molecule has 0 saturated heterocycles. The van der Waals surface area contributed by atoms with Crippen LogP contribution in [0.3, 0.4) is 0 Å². The highest BCUT2D eigenvalue weighted by Gasteiger charge is 2.15. The molecule has 9 heteroatoms. The van der Waals surface area contributed by atoms with E-state index in [1.807, 2.05) is 0 Å². The van der Waals surface area contributed by atoms with Crippen molar-refractivity contribution in [3.63, 3.8) is 0 Å². The number of rotatable bonds is 5. The number of hydrogen-bond acceptors (Lipinski definition) is 5. The normalized spacial score (nSPS) is 11.8. The first-order valence-electron chi connectivity index (χ1n) is 5.00. The molecule has 3 N–H and O–H groups in total. The zero-order valence-electron chi connectivity index (χ0n) is 9.21. The summed E-state index contributed by atoms with van der Waals surface area (Å²) >= 11 is 6.72. The van der Waals surface area contributed by atoms with Crippen LogP contribution in [0.15, 0.2) is 28.7 Å². The number of anilines is 1. The fraction of sp³-hybridized carbons (Fsp3) is 0.222. The summed E-state index contributed by atoms with van der Waals surface area (Å²) in [6, 6.07) is 3.02. The quantitative estimate of drug-likeness (QED) is 0.867. The molecule has 2 aromatic rings. The van der Waals surface area contributed by atoms with Gasteiger partial charge in [0.05, 0.1) is 22.8 Å². The van der Waals surface area contributed by atoms with E-state index in [-0.39, 0.29) is 10.8 Å². The highest BCUT2D eigenvalue weighted by molar-refractivity contribution is 7.91. The van der Waals surface area contributed by atoms with Crippen molar-refractivity contribution in [1.82, 2.24) is 14.5 Å². The van der Waals surface area contributed by atoms with Gasteiger partial charge in [0, 0.05) is 12.7 Å². The van der Waals surface area contributed by atoms with Crippen LogP contribution in [-0.4, -0.2) is 24.7 Å². The van der Waals surface area contributed by atoms with Crippen LogP contribution in [0, 0.1) is 0 Å². The number of nitrogens with two attached hydrogens (primary N) is 1. The van der Waals surface area contributed by atoms with E-state index in [2.05, 4.69) is 9.82 Å². The highest BCUT2D eigenvalue weighted by atomic mass is 35.5. The predicted molar refractivity (Wildman–Crippen MR) is 71.2 cm³/mol. The second kappa shape index (κ2) is 5.27. The van der Waals surface area contributed by atoms with Gasteiger partial charge in [-0.25, -0.2) is 13.1 Å². The van der Waals surface area contributed by atoms with Crippen LogP contribution in [0.2, 0.25) is 4.34 Å². The number of nitrogen functional groups attached to an aromatic ring is 1. The highest BCUT2D eigenvalue weighted by Crippen LogP contribution is 2.25. The van der Waals surface area contributed by atoms with Gasteiger partial charge >= 0.3 is 0 Å². The second-order valence-electron chi connectivity index (χ2n) is 3.49. The Kier molecular flexibility index (Phi) is 3.91. The summed E-state index contributed by atoms with van der Waals surface area (Å²) in [6.07, 6.45) is 3.14. The second-order valence-corrected chi connectivity index (χ2v) is 7.20. The number of thiophene rings is 1. The van der Waals surface area contributed by atoms with Crippen molar-refractivity contribution in [2.45, 2.75) is 10.8 Å². The van der Waals surface area contributed by atoms with Crippen LogP contribution < -0.4 is 10.5 Å². The van der Waals surface area contributed by atoms with E-state index < -0.39 is 10.0 Å². The zero-order chi connectivity index (χ0) is 13.2. The molecule has 98 valence electrons. The Labute approximate surface area is 113 Å². The van der Waals surface area contributed by atoms with Crippen molar-refractivity contribution in [3.8, 4) is 0 Å². The molecule has 0 unspecified atom stereocenters. The van der Waals surface area contributed by atoms with Gasteiger partial charge in [0.15, 0.2) is 0 Å². The number of sulfonamides is 1. The van der Waals surface area contributed by atoms with Gasteiger partial charge in [-0.2, -0.15) is 5.10 Å². The van der Waals surface area contributed by atoms with E-state index in [4.69, 9.17) is 17.3 Å². The lowest BCUT2D eigenvalue weighted by molar-refractivity contribution is 0.562. The Morgan fingerprint density at radius 2 is 2.28 bits per heavy atom. The molecular weight excluding hydrogens is 296 g/mol. The van der Waals surface area contributed by atoms with Gasteiger partial charge < -0.3 is 5.73 Å². The molecule has 0 fully saturated rings. The first kappa shape index (κ1) is 13.3. The Morgan fingerprint density at radius 1 is 1.50 bits per heavy atom. The average Bonchev–Trinajstić information content (AvgIpc) is 2.88. The fourth-order valence-electron chi connectivity index (χ4n) is 1.31. The van der Waals surface area contributed by atoms with Crippen molar-refractivity contribution in [3.05, 3.63) is 28.9 Å². The molecule has 6 nitrogen and oxygen atoms in total. The third-order valence-electron chi connectivity index (χ3n) is 2.10. The Balaban J connectivity index is 1.93. The summed E-state index contributed by atoms with van der Waals surface area (Å²) in [6.45, 7) is 0.647. The van der Waals surface area contributed by atoms with Gasteiger partial charge in [0.25, 0.3) is 0 Å². The minimum Gasteiger partial charge on any atom is -0.396 e. The average molecular weight is 307 g/mol. The lowest BCUT2D eigenvalue weighted by Gasteiger charge is -2.04. The Bertz CT molecular complexity index is 635. The molecule has 0 aliphatic heterocycles. The van der Waals surface area contributed by atoms with Gasteiger partial charge in [-0.3, -0.25) is 4.68 Å². The number of nitrogens with zero attached hydrogens (tertiary/aromatic N) is 2. The minimum absolute atomic E-state index is 0.201. The molecule has 2 heterocycles. The largest absolute Gasteiger partial charge is 0.396 e. The molecule has 2 aromatic heterocycles. The summed E-state index contributed by atoms with van der Waals surface area (Å²) in [7, 11) is -3.49. The smallest absolute Gasteiger partial charge is 0.250 e. The van der Waals surface area contributed by atoms with Crippen LogP contribution in [0.25, 0.3) is 0 Å². The topological polar surface area (TPSA) is 90.0 Å². The Hall–Kier alpha value is -1.09. The summed E-state index contributed by atoms with van der Waals surface area (Å²) in [5.74, 6) is 0. The summed E-state index contributed by atoms with van der Waals surface area (Å²) < 4.78 is 28.3. The standard InChI is InChI=1S/C9H11ClN4O2S2/c10-8-1-2-9(17-8)18(15,16)13-3-4-14-6-7(11)5-12-14/h1-2,5-6,13H,3-4,11H2. The monoisotopic (exact) mass is 306 g/mol. The van der Waals surface area contributed by atoms with Crippen molar-refractivity contribution >= 4 is 38.6 Å². The minimum atomic E-state index is -3.49. The molecule has 0 spiro atoms. The maximum atomic E-state index is 11.8. The maximum Gasteiger partial charge on any atom is 0.250 e. The molecule has 0 aromatic carbocycles. The molecule has 0 aliphatic carbocycles. The van der Waals surface area contributed by atoms with Crippen molar-refractivity contribution in [1.29, 1.82) is 0 Å². The fourth-order valence-corrected chi connectivity index (χ4v) is 3.86. The number of hydrogen-bond donors (Lipinski definition) is 2. The molecule has 0 bridgehead atoms. The summed E-state index contributed by atoms with van der Waals surface area (Å²) in [5, 5.41) is 3.95. The SMILES string of the molecule is Nc1cnn(CCNS(=O)(=O)c2ccc(Cl)s2)c1. The van der Waals surface area contributed by atoms with E-state index in [1.54, 1.807) is 16.9 Å². The summed E-state index contributed by atoms with van der Waals surface area (Å²) in [5.41, 5.74) is 6.04. The molecule has 18 heavy (non-hydrogen) atoms. The molecule has 0 saturated carbocycles. The van der Waals surface area contributed by atoms with Crippen molar-refractivity contribution < 1.29 is 8.42 Å². The van der Waals surface area contributed by atoms with Crippen LogP contribution in [0.4, 0.5) is 5.69 Å². The predicted octanol–water partition coefficient (Wildman–Crippen LogP) is 1.16. The van der Waals surface area contributed by atoms with E-state index in [0.29, 0.717) is 16.6 Å². The first-order chi connectivity index (χ1) is 8.47. The molecule has 0 amide bonds. The van der Waals surface area contributed by atoms with Crippen LogP contribution >= 0.6 is 22.9 Å². The molecular formula is C9H11ClN4O2S2. The third-order valence-corrected chi connectivity index (χ3v) is 5.28. The summed E-state index contributed by atoms with van der Waals surface area (Å²) in [4.78, 5) is 0. The van der Waals surface area contributed by atoms with Crippen LogP contribution in [-0.2, 0) is 16.6 Å². The molecule has 0 aliphatic rings. The Morgan fingerprint density at radius 3 is 2.83 bits per heavy atom. The van der Waals surface area contributed by atoms with Crippen LogP contribution in [0.1, 0.15) is 0 Å². The zero-order valence-corrected chi connectivity index (χ0v) is 11.6. The van der Waals surface area contributed by atoms with Gasteiger partial charge in [-0.05, 0) is 12.1 Å². The maximum absolute atomic E-state index is 11.8. The van der Waals surface area contributed by atoms with Crippen molar-refractivity contribution in [2.24, 2.45) is 0 Å². The van der Waals surface area contributed by atoms with Gasteiger partial charge in [-0.15, -0.1) is 11.3 Å². The van der Waals surface area contributed by atoms with Crippen molar-refractivity contribution in [2.75, 3.05) is 12.3 Å². The van der Waals surface area contributed by atoms with Gasteiger partial charge in [-0.1, -0.05) is 11.6 Å². The number of nitrogens with one attached hydrogen (secondary N) is 1. The molecule has 2 rings (SSSR count). The first-order valence-corrected chi connectivity index (χ1v) is 7.68. The lowest BCUT2D eigenvalue weighted by Crippen LogP contribution is -2.26. The van der Waals surface area contributed by atoms with Gasteiger partial charge in [0.2, 0.25) is 10.0 Å². The van der Waals surface area contributed by atoms with E-state index in [9.17, 15) is 8.42 Å². The third kappa shape index (κ3) is 3.22. The number of halogens is 1. The van der Waals surface area contributed by atoms with E-state index in [1.165, 1.54) is 12.3 Å². The van der Waals surface area contributed by atoms with E-state index >= 15 is 0 Å². The molecule has 0 radical (unpaired) electrons. The van der Waals surface area contributed by atoms with Crippen LogP contribution in [0.5, 0.6) is 0 Å². The molecule has 0 atom stereocenters.